The maximum atomic E-state index is 13.7. The monoisotopic (exact) mass is 287 g/mol. The van der Waals surface area contributed by atoms with E-state index >= 15 is 0 Å². The largest absolute Gasteiger partial charge is 0.494 e. The van der Waals surface area contributed by atoms with Crippen LogP contribution in [-0.2, 0) is 0 Å². The van der Waals surface area contributed by atoms with Gasteiger partial charge >= 0.3 is 0 Å². The standard InChI is InChI=1S/C18H22FNO/c1-4-8-21-16-7-5-6-14(11-16)18(20)15-9-12(2)17(19)13(3)10-15/h5-7,9-11,18H,4,8,20H2,1-3H3. The number of hydrogen-bond acceptors (Lipinski definition) is 2. The van der Waals surface area contributed by atoms with Crippen LogP contribution >= 0.6 is 0 Å². The molecule has 0 saturated heterocycles. The Morgan fingerprint density at radius 3 is 2.38 bits per heavy atom. The van der Waals surface area contributed by atoms with E-state index in [1.165, 1.54) is 0 Å². The van der Waals surface area contributed by atoms with Crippen LogP contribution in [0, 0.1) is 19.7 Å². The summed E-state index contributed by atoms with van der Waals surface area (Å²) >= 11 is 0. The first kappa shape index (κ1) is 15.5. The highest BCUT2D eigenvalue weighted by molar-refractivity contribution is 5.39. The Morgan fingerprint density at radius 1 is 1.10 bits per heavy atom. The number of aryl methyl sites for hydroxylation is 2. The molecule has 2 aromatic carbocycles. The van der Waals surface area contributed by atoms with Gasteiger partial charge in [0, 0.05) is 0 Å². The van der Waals surface area contributed by atoms with Gasteiger partial charge in [-0.1, -0.05) is 31.2 Å². The topological polar surface area (TPSA) is 35.2 Å². The fourth-order valence-electron chi connectivity index (χ4n) is 2.37. The van der Waals surface area contributed by atoms with Crippen LogP contribution in [0.2, 0.25) is 0 Å². The number of halogens is 1. The van der Waals surface area contributed by atoms with Crippen molar-refractivity contribution in [3.63, 3.8) is 0 Å². The fourth-order valence-corrected chi connectivity index (χ4v) is 2.37. The molecule has 0 aliphatic heterocycles. The molecule has 1 unspecified atom stereocenters. The van der Waals surface area contributed by atoms with Crippen molar-refractivity contribution < 1.29 is 9.13 Å². The molecule has 0 fully saturated rings. The Hall–Kier alpha value is -1.87. The van der Waals surface area contributed by atoms with Gasteiger partial charge in [0.15, 0.2) is 0 Å². The molecule has 1 atom stereocenters. The van der Waals surface area contributed by atoms with E-state index in [2.05, 4.69) is 6.92 Å². The molecule has 3 heteroatoms. The third-order valence-corrected chi connectivity index (χ3v) is 3.51. The first-order valence-electron chi connectivity index (χ1n) is 7.28. The molecular formula is C18H22FNO. The van der Waals surface area contributed by atoms with Crippen LogP contribution < -0.4 is 10.5 Å². The molecule has 0 amide bonds. The summed E-state index contributed by atoms with van der Waals surface area (Å²) < 4.78 is 19.4. The second-order valence-corrected chi connectivity index (χ2v) is 5.37. The fraction of sp³-hybridized carbons (Fsp3) is 0.333. The summed E-state index contributed by atoms with van der Waals surface area (Å²) in [6.07, 6.45) is 0.965. The van der Waals surface area contributed by atoms with Gasteiger partial charge in [-0.3, -0.25) is 0 Å². The van der Waals surface area contributed by atoms with Crippen molar-refractivity contribution in [2.75, 3.05) is 6.61 Å². The Morgan fingerprint density at radius 2 is 1.76 bits per heavy atom. The number of benzene rings is 2. The summed E-state index contributed by atoms with van der Waals surface area (Å²) in [5.41, 5.74) is 9.45. The van der Waals surface area contributed by atoms with E-state index in [9.17, 15) is 4.39 Å². The summed E-state index contributed by atoms with van der Waals surface area (Å²) in [5, 5.41) is 0. The highest BCUT2D eigenvalue weighted by atomic mass is 19.1. The highest BCUT2D eigenvalue weighted by Gasteiger charge is 2.13. The van der Waals surface area contributed by atoms with Crippen LogP contribution in [0.5, 0.6) is 5.75 Å². The smallest absolute Gasteiger partial charge is 0.129 e. The van der Waals surface area contributed by atoms with Crippen LogP contribution in [0.25, 0.3) is 0 Å². The van der Waals surface area contributed by atoms with Gasteiger partial charge in [0.25, 0.3) is 0 Å². The van der Waals surface area contributed by atoms with E-state index < -0.39 is 0 Å². The molecule has 2 aromatic rings. The van der Waals surface area contributed by atoms with Crippen molar-refractivity contribution in [3.8, 4) is 5.75 Å². The lowest BCUT2D eigenvalue weighted by Crippen LogP contribution is -2.13. The summed E-state index contributed by atoms with van der Waals surface area (Å²) in [6, 6.07) is 11.1. The van der Waals surface area contributed by atoms with Crippen molar-refractivity contribution in [1.29, 1.82) is 0 Å². The molecule has 2 rings (SSSR count). The number of nitrogens with two attached hydrogens (primary N) is 1. The first-order valence-corrected chi connectivity index (χ1v) is 7.28. The maximum absolute atomic E-state index is 13.7. The van der Waals surface area contributed by atoms with E-state index in [-0.39, 0.29) is 11.9 Å². The Bertz CT molecular complexity index is 601. The molecule has 0 aliphatic carbocycles. The van der Waals surface area contributed by atoms with Gasteiger partial charge in [-0.05, 0) is 54.7 Å². The minimum Gasteiger partial charge on any atom is -0.494 e. The van der Waals surface area contributed by atoms with E-state index in [4.69, 9.17) is 10.5 Å². The third kappa shape index (κ3) is 3.61. The van der Waals surface area contributed by atoms with Crippen LogP contribution in [0.1, 0.15) is 41.6 Å². The summed E-state index contributed by atoms with van der Waals surface area (Å²) in [7, 11) is 0. The lowest BCUT2D eigenvalue weighted by atomic mass is 9.96. The molecule has 112 valence electrons. The molecule has 0 aliphatic rings. The second-order valence-electron chi connectivity index (χ2n) is 5.37. The molecule has 0 bridgehead atoms. The van der Waals surface area contributed by atoms with Gasteiger partial charge in [-0.15, -0.1) is 0 Å². The molecule has 2 N–H and O–H groups in total. The maximum Gasteiger partial charge on any atom is 0.129 e. The van der Waals surface area contributed by atoms with Crippen LogP contribution in [0.3, 0.4) is 0 Å². The van der Waals surface area contributed by atoms with Gasteiger partial charge in [-0.2, -0.15) is 0 Å². The Balaban J connectivity index is 2.29. The average molecular weight is 287 g/mol. The SMILES string of the molecule is CCCOc1cccc(C(N)c2cc(C)c(F)c(C)c2)c1. The Kier molecular flexibility index (Phi) is 4.97. The molecule has 2 nitrogen and oxygen atoms in total. The van der Waals surface area contributed by atoms with Gasteiger partial charge < -0.3 is 10.5 Å². The first-order chi connectivity index (χ1) is 10.0. The third-order valence-electron chi connectivity index (χ3n) is 3.51. The zero-order chi connectivity index (χ0) is 15.4. The summed E-state index contributed by atoms with van der Waals surface area (Å²) in [6.45, 7) is 6.28. The van der Waals surface area contributed by atoms with Crippen molar-refractivity contribution in [2.45, 2.75) is 33.2 Å². The van der Waals surface area contributed by atoms with Crippen LogP contribution in [-0.4, -0.2) is 6.61 Å². The molecule has 0 heterocycles. The normalized spacial score (nSPS) is 12.2. The molecule has 21 heavy (non-hydrogen) atoms. The lowest BCUT2D eigenvalue weighted by molar-refractivity contribution is 0.317. The van der Waals surface area contributed by atoms with Crippen molar-refractivity contribution in [2.24, 2.45) is 5.73 Å². The molecule has 0 radical (unpaired) electrons. The second kappa shape index (κ2) is 6.72. The summed E-state index contributed by atoms with van der Waals surface area (Å²) in [5.74, 6) is 0.659. The van der Waals surface area contributed by atoms with E-state index in [1.807, 2.05) is 36.4 Å². The minimum absolute atomic E-state index is 0.161. The molecule has 0 spiro atoms. The zero-order valence-corrected chi connectivity index (χ0v) is 12.8. The Labute approximate surface area is 125 Å². The van der Waals surface area contributed by atoms with Gasteiger partial charge in [0.1, 0.15) is 11.6 Å². The minimum atomic E-state index is -0.284. The lowest BCUT2D eigenvalue weighted by Gasteiger charge is -2.16. The molecular weight excluding hydrogens is 265 g/mol. The summed E-state index contributed by atoms with van der Waals surface area (Å²) in [4.78, 5) is 0. The zero-order valence-electron chi connectivity index (χ0n) is 12.8. The van der Waals surface area contributed by atoms with E-state index in [0.29, 0.717) is 17.7 Å². The highest BCUT2D eigenvalue weighted by Crippen LogP contribution is 2.26. The van der Waals surface area contributed by atoms with Crippen LogP contribution in [0.4, 0.5) is 4.39 Å². The molecule has 0 saturated carbocycles. The van der Waals surface area contributed by atoms with E-state index in [0.717, 1.165) is 23.3 Å². The number of ether oxygens (including phenoxy) is 1. The quantitative estimate of drug-likeness (QED) is 0.891. The van der Waals surface area contributed by atoms with Crippen molar-refractivity contribution >= 4 is 0 Å². The van der Waals surface area contributed by atoms with E-state index in [1.54, 1.807) is 13.8 Å². The van der Waals surface area contributed by atoms with Gasteiger partial charge in [-0.25, -0.2) is 4.39 Å². The van der Waals surface area contributed by atoms with Gasteiger partial charge in [0.05, 0.1) is 12.6 Å². The van der Waals surface area contributed by atoms with Crippen molar-refractivity contribution in [1.82, 2.24) is 0 Å². The molecule has 0 aromatic heterocycles. The number of rotatable bonds is 5. The predicted octanol–water partition coefficient (Wildman–Crippen LogP) is 4.28. The predicted molar refractivity (Wildman–Crippen MR) is 84.1 cm³/mol. The van der Waals surface area contributed by atoms with Crippen LogP contribution in [0.15, 0.2) is 36.4 Å². The average Bonchev–Trinajstić information content (AvgIpc) is 2.49. The van der Waals surface area contributed by atoms with Gasteiger partial charge in [0.2, 0.25) is 0 Å². The number of hydrogen-bond donors (Lipinski definition) is 1. The van der Waals surface area contributed by atoms with Crippen molar-refractivity contribution in [3.05, 3.63) is 64.5 Å².